The molecule has 0 radical (unpaired) electrons. The molecule has 1 saturated carbocycles. The first-order valence-corrected chi connectivity index (χ1v) is 8.84. The van der Waals surface area contributed by atoms with Crippen molar-refractivity contribution in [1.29, 1.82) is 0 Å². The first-order chi connectivity index (χ1) is 9.90. The minimum atomic E-state index is -3.45. The summed E-state index contributed by atoms with van der Waals surface area (Å²) >= 11 is 0. The molecule has 0 aromatic carbocycles. The molecule has 2 rings (SSSR count). The van der Waals surface area contributed by atoms with Gasteiger partial charge in [-0.2, -0.15) is 4.31 Å². The molecule has 1 fully saturated rings. The maximum atomic E-state index is 12.8. The first-order valence-electron chi connectivity index (χ1n) is 7.40. The lowest BCUT2D eigenvalue weighted by Crippen LogP contribution is -2.32. The highest BCUT2D eigenvalue weighted by atomic mass is 32.2. The normalized spacial score (nSPS) is 15.6. The van der Waals surface area contributed by atoms with E-state index in [0.29, 0.717) is 30.6 Å². The van der Waals surface area contributed by atoms with Gasteiger partial charge in [-0.05, 0) is 32.9 Å². The summed E-state index contributed by atoms with van der Waals surface area (Å²) in [6.45, 7) is 9.02. The number of hydrogen-bond acceptors (Lipinski definition) is 3. The molecule has 0 atom stereocenters. The predicted molar refractivity (Wildman–Crippen MR) is 84.7 cm³/mol. The molecule has 0 saturated heterocycles. The Morgan fingerprint density at radius 2 is 2.19 bits per heavy atom. The molecule has 118 valence electrons. The van der Waals surface area contributed by atoms with Crippen LogP contribution in [0.5, 0.6) is 0 Å². The summed E-state index contributed by atoms with van der Waals surface area (Å²) in [6, 6.07) is 2.26. The van der Waals surface area contributed by atoms with Gasteiger partial charge in [-0.3, -0.25) is 0 Å². The average molecular weight is 311 g/mol. The third kappa shape index (κ3) is 3.56. The Morgan fingerprint density at radius 1 is 1.52 bits per heavy atom. The van der Waals surface area contributed by atoms with Crippen molar-refractivity contribution in [1.82, 2.24) is 14.2 Å². The topological polar surface area (TPSA) is 54.3 Å². The predicted octanol–water partition coefficient (Wildman–Crippen LogP) is 2.13. The van der Waals surface area contributed by atoms with Gasteiger partial charge in [0, 0.05) is 37.6 Å². The van der Waals surface area contributed by atoms with E-state index in [1.54, 1.807) is 12.3 Å². The minimum absolute atomic E-state index is 0.370. The number of aromatic nitrogens is 1. The zero-order valence-electron chi connectivity index (χ0n) is 13.1. The maximum absolute atomic E-state index is 12.8. The van der Waals surface area contributed by atoms with Crippen molar-refractivity contribution in [3.05, 3.63) is 30.1 Å². The highest BCUT2D eigenvalue weighted by molar-refractivity contribution is 7.89. The summed E-state index contributed by atoms with van der Waals surface area (Å²) in [4.78, 5) is 0.391. The Hall–Kier alpha value is -1.11. The largest absolute Gasteiger partial charge is 0.346 e. The highest BCUT2D eigenvalue weighted by Gasteiger charge is 2.30. The zero-order chi connectivity index (χ0) is 15.6. The van der Waals surface area contributed by atoms with E-state index >= 15 is 0 Å². The average Bonchev–Trinajstić information content (AvgIpc) is 3.17. The fraction of sp³-hybridized carbons (Fsp3) is 0.600. The van der Waals surface area contributed by atoms with Gasteiger partial charge >= 0.3 is 0 Å². The zero-order valence-corrected chi connectivity index (χ0v) is 13.9. The van der Waals surface area contributed by atoms with Crippen LogP contribution in [-0.2, 0) is 16.6 Å². The second kappa shape index (κ2) is 6.34. The second-order valence-corrected chi connectivity index (χ2v) is 7.66. The van der Waals surface area contributed by atoms with E-state index in [9.17, 15) is 8.42 Å². The first kappa shape index (κ1) is 16.3. The number of hydrogen-bond donors (Lipinski definition) is 1. The summed E-state index contributed by atoms with van der Waals surface area (Å²) in [6.07, 6.45) is 4.06. The summed E-state index contributed by atoms with van der Waals surface area (Å²) < 4.78 is 29.1. The van der Waals surface area contributed by atoms with E-state index in [1.165, 1.54) is 4.31 Å². The quantitative estimate of drug-likeness (QED) is 0.748. The van der Waals surface area contributed by atoms with Gasteiger partial charge in [-0.15, -0.1) is 0 Å². The van der Waals surface area contributed by atoms with Gasteiger partial charge in [0.25, 0.3) is 0 Å². The molecule has 21 heavy (non-hydrogen) atoms. The fourth-order valence-corrected chi connectivity index (χ4v) is 4.03. The van der Waals surface area contributed by atoms with Crippen LogP contribution in [0.4, 0.5) is 0 Å². The van der Waals surface area contributed by atoms with Crippen molar-refractivity contribution in [2.75, 3.05) is 20.1 Å². The van der Waals surface area contributed by atoms with Gasteiger partial charge in [-0.1, -0.05) is 19.1 Å². The van der Waals surface area contributed by atoms with Gasteiger partial charge < -0.3 is 9.88 Å². The Morgan fingerprint density at radius 3 is 2.67 bits per heavy atom. The van der Waals surface area contributed by atoms with Crippen LogP contribution in [0, 0.1) is 0 Å². The third-order valence-electron chi connectivity index (χ3n) is 3.64. The van der Waals surface area contributed by atoms with Crippen LogP contribution in [0.3, 0.4) is 0 Å². The molecule has 0 amide bonds. The number of nitrogens with zero attached hydrogens (tertiary/aromatic N) is 2. The van der Waals surface area contributed by atoms with Crippen LogP contribution in [0.2, 0.25) is 0 Å². The lowest BCUT2D eigenvalue weighted by molar-refractivity contribution is 0.452. The van der Waals surface area contributed by atoms with Gasteiger partial charge in [-0.25, -0.2) is 8.42 Å². The second-order valence-electron chi connectivity index (χ2n) is 5.72. The summed E-state index contributed by atoms with van der Waals surface area (Å²) in [5, 5.41) is 3.10. The highest BCUT2D eigenvalue weighted by Crippen LogP contribution is 2.37. The van der Waals surface area contributed by atoms with Crippen molar-refractivity contribution in [2.45, 2.75) is 44.2 Å². The monoisotopic (exact) mass is 311 g/mol. The molecule has 0 unspecified atom stereocenters. The molecule has 6 heteroatoms. The van der Waals surface area contributed by atoms with Gasteiger partial charge in [0.2, 0.25) is 10.0 Å². The number of rotatable bonds is 8. The Balaban J connectivity index is 2.34. The molecule has 1 aromatic heterocycles. The standard InChI is InChI=1S/C15H25N3O2S/c1-5-17(10-12(2)3)21(19,20)15-8-14(9-16-4)18(11-15)13-6-7-13/h8,11,13,16H,2,5-7,9-10H2,1,3-4H3. The molecule has 1 heterocycles. The van der Waals surface area contributed by atoms with Crippen LogP contribution < -0.4 is 5.32 Å². The Bertz CT molecular complexity index is 615. The van der Waals surface area contributed by atoms with E-state index in [0.717, 1.165) is 24.1 Å². The molecule has 0 spiro atoms. The van der Waals surface area contributed by atoms with E-state index in [-0.39, 0.29) is 0 Å². The molecule has 0 aliphatic heterocycles. The van der Waals surface area contributed by atoms with Crippen LogP contribution in [0.15, 0.2) is 29.3 Å². The molecule has 5 nitrogen and oxygen atoms in total. The van der Waals surface area contributed by atoms with E-state index in [1.807, 2.05) is 20.9 Å². The van der Waals surface area contributed by atoms with E-state index in [2.05, 4.69) is 16.5 Å². The molecular weight excluding hydrogens is 286 g/mol. The molecule has 1 N–H and O–H groups in total. The van der Waals surface area contributed by atoms with Crippen molar-refractivity contribution in [3.63, 3.8) is 0 Å². The van der Waals surface area contributed by atoms with Gasteiger partial charge in [0.1, 0.15) is 4.90 Å². The third-order valence-corrected chi connectivity index (χ3v) is 5.53. The van der Waals surface area contributed by atoms with Crippen LogP contribution in [0.1, 0.15) is 38.4 Å². The van der Waals surface area contributed by atoms with Crippen LogP contribution in [-0.4, -0.2) is 37.4 Å². The molecule has 1 aliphatic rings. The molecule has 1 aliphatic carbocycles. The van der Waals surface area contributed by atoms with Gasteiger partial charge in [0.15, 0.2) is 0 Å². The lowest BCUT2D eigenvalue weighted by Gasteiger charge is -2.19. The number of sulfonamides is 1. The summed E-state index contributed by atoms with van der Waals surface area (Å²) in [5.41, 5.74) is 1.88. The summed E-state index contributed by atoms with van der Waals surface area (Å²) in [7, 11) is -1.58. The van der Waals surface area contributed by atoms with E-state index < -0.39 is 10.0 Å². The van der Waals surface area contributed by atoms with Crippen molar-refractivity contribution >= 4 is 10.0 Å². The molecule has 0 bridgehead atoms. The fourth-order valence-electron chi connectivity index (χ4n) is 2.47. The SMILES string of the molecule is C=C(C)CN(CC)S(=O)(=O)c1cc(CNC)n(C2CC2)c1. The maximum Gasteiger partial charge on any atom is 0.244 e. The van der Waals surface area contributed by atoms with E-state index in [4.69, 9.17) is 0 Å². The van der Waals surface area contributed by atoms with Crippen LogP contribution >= 0.6 is 0 Å². The van der Waals surface area contributed by atoms with Gasteiger partial charge in [0.05, 0.1) is 0 Å². The minimum Gasteiger partial charge on any atom is -0.346 e. The van der Waals surface area contributed by atoms with Crippen molar-refractivity contribution < 1.29 is 8.42 Å². The Labute approximate surface area is 127 Å². The smallest absolute Gasteiger partial charge is 0.244 e. The summed E-state index contributed by atoms with van der Waals surface area (Å²) in [5.74, 6) is 0. The molecular formula is C15H25N3O2S. The number of likely N-dealkylation sites (N-methyl/N-ethyl adjacent to an activating group) is 1. The lowest BCUT2D eigenvalue weighted by atomic mass is 10.3. The Kier molecular flexibility index (Phi) is 4.91. The molecule has 1 aromatic rings. The van der Waals surface area contributed by atoms with Crippen molar-refractivity contribution in [2.24, 2.45) is 0 Å². The number of nitrogens with one attached hydrogen (secondary N) is 1. The van der Waals surface area contributed by atoms with Crippen LogP contribution in [0.25, 0.3) is 0 Å². The van der Waals surface area contributed by atoms with Crippen molar-refractivity contribution in [3.8, 4) is 0 Å².